The predicted molar refractivity (Wildman–Crippen MR) is 65.4 cm³/mol. The Hall–Kier alpha value is -1.35. The van der Waals surface area contributed by atoms with Crippen LogP contribution in [0.3, 0.4) is 0 Å². The monoisotopic (exact) mass is 218 g/mol. The van der Waals surface area contributed by atoms with E-state index in [2.05, 4.69) is 29.9 Å². The van der Waals surface area contributed by atoms with Gasteiger partial charge >= 0.3 is 0 Å². The number of aromatic amines is 1. The highest BCUT2D eigenvalue weighted by atomic mass is 16.3. The Morgan fingerprint density at radius 1 is 1.50 bits per heavy atom. The Labute approximate surface area is 95.5 Å². The first-order chi connectivity index (χ1) is 7.72. The fraction of sp³-hybridized carbons (Fsp3) is 0.462. The van der Waals surface area contributed by atoms with E-state index >= 15 is 0 Å². The molecule has 86 valence electrons. The topological polar surface area (TPSA) is 48.9 Å². The molecule has 2 N–H and O–H groups in total. The van der Waals surface area contributed by atoms with Gasteiger partial charge in [0.1, 0.15) is 0 Å². The van der Waals surface area contributed by atoms with Gasteiger partial charge < -0.3 is 10.1 Å². The predicted octanol–water partition coefficient (Wildman–Crippen LogP) is 2.83. The van der Waals surface area contributed by atoms with Gasteiger partial charge in [0.05, 0.1) is 6.10 Å². The maximum Gasteiger partial charge on any atom is 0.0620 e. The molecule has 2 aromatic rings. The van der Waals surface area contributed by atoms with Gasteiger partial charge in [-0.05, 0) is 18.6 Å². The van der Waals surface area contributed by atoms with Crippen LogP contribution in [0.1, 0.15) is 38.3 Å². The first kappa shape index (κ1) is 11.1. The summed E-state index contributed by atoms with van der Waals surface area (Å²) in [6.45, 7) is 4.14. The zero-order valence-corrected chi connectivity index (χ0v) is 9.77. The lowest BCUT2D eigenvalue weighted by Crippen LogP contribution is -2.15. The Morgan fingerprint density at radius 3 is 3.00 bits per heavy atom. The molecule has 3 nitrogen and oxygen atoms in total. The van der Waals surface area contributed by atoms with Gasteiger partial charge in [0, 0.05) is 34.9 Å². The van der Waals surface area contributed by atoms with Crippen LogP contribution in [0, 0.1) is 0 Å². The van der Waals surface area contributed by atoms with Crippen molar-refractivity contribution >= 4 is 10.9 Å². The van der Waals surface area contributed by atoms with Crippen molar-refractivity contribution in [3.8, 4) is 0 Å². The number of hydrogen-bond donors (Lipinski definition) is 2. The molecule has 0 amide bonds. The molecule has 0 fully saturated rings. The summed E-state index contributed by atoms with van der Waals surface area (Å²) < 4.78 is 0. The second kappa shape index (κ2) is 4.66. The summed E-state index contributed by atoms with van der Waals surface area (Å²) >= 11 is 0. The number of H-pyrrole nitrogens is 1. The molecule has 0 aromatic carbocycles. The summed E-state index contributed by atoms with van der Waals surface area (Å²) in [7, 11) is 0. The zero-order valence-electron chi connectivity index (χ0n) is 9.77. The van der Waals surface area contributed by atoms with Crippen LogP contribution in [0.5, 0.6) is 0 Å². The normalized spacial score (nSPS) is 15.2. The highest BCUT2D eigenvalue weighted by Gasteiger charge is 2.17. The number of rotatable bonds is 4. The number of aromatic nitrogens is 2. The van der Waals surface area contributed by atoms with Gasteiger partial charge in [0.15, 0.2) is 0 Å². The lowest BCUT2D eigenvalue weighted by molar-refractivity contribution is 0.137. The second-order valence-electron chi connectivity index (χ2n) is 4.33. The lowest BCUT2D eigenvalue weighted by atomic mass is 9.97. The van der Waals surface area contributed by atoms with Gasteiger partial charge in [0.2, 0.25) is 0 Å². The standard InChI is InChI=1S/C13H18N2O/c1-3-4-13(16)9(2)12-7-10-8-14-6-5-11(10)15-12/h5-9,13,15-16H,3-4H2,1-2H3. The molecule has 2 atom stereocenters. The van der Waals surface area contributed by atoms with Crippen LogP contribution in [0.2, 0.25) is 0 Å². The van der Waals surface area contributed by atoms with E-state index in [1.807, 2.05) is 12.3 Å². The molecule has 0 aliphatic heterocycles. The van der Waals surface area contributed by atoms with Crippen molar-refractivity contribution in [1.82, 2.24) is 9.97 Å². The van der Waals surface area contributed by atoms with Crippen LogP contribution in [0.15, 0.2) is 24.5 Å². The fourth-order valence-corrected chi connectivity index (χ4v) is 1.99. The van der Waals surface area contributed by atoms with Crippen molar-refractivity contribution in [3.63, 3.8) is 0 Å². The van der Waals surface area contributed by atoms with E-state index in [0.29, 0.717) is 0 Å². The third-order valence-electron chi connectivity index (χ3n) is 3.09. The Balaban J connectivity index is 2.26. The summed E-state index contributed by atoms with van der Waals surface area (Å²) in [5.74, 6) is 0.146. The number of hydrogen-bond acceptors (Lipinski definition) is 2. The SMILES string of the molecule is CCCC(O)C(C)c1cc2cnccc2[nH]1. The molecule has 2 heterocycles. The maximum absolute atomic E-state index is 9.96. The fourth-order valence-electron chi connectivity index (χ4n) is 1.99. The molecule has 2 rings (SSSR count). The van der Waals surface area contributed by atoms with E-state index in [1.165, 1.54) is 0 Å². The van der Waals surface area contributed by atoms with Crippen molar-refractivity contribution < 1.29 is 5.11 Å². The third-order valence-corrected chi connectivity index (χ3v) is 3.09. The molecule has 16 heavy (non-hydrogen) atoms. The number of aliphatic hydroxyl groups is 1. The molecule has 0 spiro atoms. The summed E-state index contributed by atoms with van der Waals surface area (Å²) in [6, 6.07) is 4.03. The Morgan fingerprint density at radius 2 is 2.31 bits per heavy atom. The third kappa shape index (κ3) is 2.09. The number of aliphatic hydroxyl groups excluding tert-OH is 1. The first-order valence-electron chi connectivity index (χ1n) is 5.83. The van der Waals surface area contributed by atoms with Gasteiger partial charge in [-0.25, -0.2) is 0 Å². The molecule has 3 heteroatoms. The zero-order chi connectivity index (χ0) is 11.5. The molecule has 0 radical (unpaired) electrons. The van der Waals surface area contributed by atoms with Crippen molar-refractivity contribution in [2.24, 2.45) is 0 Å². The van der Waals surface area contributed by atoms with Crippen LogP contribution in [0.25, 0.3) is 10.9 Å². The van der Waals surface area contributed by atoms with E-state index in [1.54, 1.807) is 6.20 Å². The van der Waals surface area contributed by atoms with Gasteiger partial charge in [-0.1, -0.05) is 20.3 Å². The van der Waals surface area contributed by atoms with Crippen LogP contribution in [0.4, 0.5) is 0 Å². The minimum absolute atomic E-state index is 0.146. The van der Waals surface area contributed by atoms with Gasteiger partial charge in [-0.15, -0.1) is 0 Å². The summed E-state index contributed by atoms with van der Waals surface area (Å²) in [5.41, 5.74) is 2.17. The minimum atomic E-state index is -0.272. The average molecular weight is 218 g/mol. The van der Waals surface area contributed by atoms with E-state index < -0.39 is 0 Å². The van der Waals surface area contributed by atoms with Gasteiger partial charge in [-0.2, -0.15) is 0 Å². The molecule has 2 aromatic heterocycles. The minimum Gasteiger partial charge on any atom is -0.392 e. The molecule has 0 aliphatic rings. The van der Waals surface area contributed by atoms with Crippen molar-refractivity contribution in [2.45, 2.75) is 38.7 Å². The van der Waals surface area contributed by atoms with Crippen molar-refractivity contribution in [2.75, 3.05) is 0 Å². The highest BCUT2D eigenvalue weighted by Crippen LogP contribution is 2.24. The number of pyridine rings is 1. The lowest BCUT2D eigenvalue weighted by Gasteiger charge is -2.16. The van der Waals surface area contributed by atoms with E-state index in [4.69, 9.17) is 0 Å². The van der Waals surface area contributed by atoms with E-state index in [9.17, 15) is 5.11 Å². The Bertz CT molecular complexity index is 431. The highest BCUT2D eigenvalue weighted by molar-refractivity contribution is 5.79. The largest absolute Gasteiger partial charge is 0.392 e. The summed E-state index contributed by atoms with van der Waals surface area (Å²) in [5, 5.41) is 11.1. The van der Waals surface area contributed by atoms with Gasteiger partial charge in [-0.3, -0.25) is 4.98 Å². The number of nitrogens with one attached hydrogen (secondary N) is 1. The van der Waals surface area contributed by atoms with Crippen LogP contribution in [-0.2, 0) is 0 Å². The van der Waals surface area contributed by atoms with E-state index in [0.717, 1.165) is 29.4 Å². The molecular formula is C13H18N2O. The molecule has 0 saturated carbocycles. The van der Waals surface area contributed by atoms with Crippen LogP contribution >= 0.6 is 0 Å². The summed E-state index contributed by atoms with van der Waals surface area (Å²) in [4.78, 5) is 7.42. The number of nitrogens with zero attached hydrogens (tertiary/aromatic N) is 1. The maximum atomic E-state index is 9.96. The molecular weight excluding hydrogens is 200 g/mol. The smallest absolute Gasteiger partial charge is 0.0620 e. The average Bonchev–Trinajstić information content (AvgIpc) is 2.71. The van der Waals surface area contributed by atoms with Crippen LogP contribution < -0.4 is 0 Å². The van der Waals surface area contributed by atoms with Gasteiger partial charge in [0.25, 0.3) is 0 Å². The molecule has 0 saturated heterocycles. The number of fused-ring (bicyclic) bond motifs is 1. The van der Waals surface area contributed by atoms with E-state index in [-0.39, 0.29) is 12.0 Å². The summed E-state index contributed by atoms with van der Waals surface area (Å²) in [6.07, 6.45) is 5.19. The first-order valence-corrected chi connectivity index (χ1v) is 5.83. The van der Waals surface area contributed by atoms with Crippen molar-refractivity contribution in [3.05, 3.63) is 30.2 Å². The Kier molecular flexibility index (Phi) is 3.25. The van der Waals surface area contributed by atoms with Crippen LogP contribution in [-0.4, -0.2) is 21.2 Å². The molecule has 0 aliphatic carbocycles. The molecule has 0 bridgehead atoms. The second-order valence-corrected chi connectivity index (χ2v) is 4.33. The quantitative estimate of drug-likeness (QED) is 0.829. The van der Waals surface area contributed by atoms with Crippen molar-refractivity contribution in [1.29, 1.82) is 0 Å². The molecule has 2 unspecified atom stereocenters.